The minimum Gasteiger partial charge on any atom is -0.434 e. The van der Waals surface area contributed by atoms with Crippen LogP contribution >= 0.6 is 0 Å². The number of aromatic nitrogens is 3. The van der Waals surface area contributed by atoms with Crippen molar-refractivity contribution < 1.29 is 19.0 Å². The van der Waals surface area contributed by atoms with Crippen molar-refractivity contribution in [1.29, 1.82) is 0 Å². The minimum atomic E-state index is -0.498. The Labute approximate surface area is 254 Å². The second-order valence-electron chi connectivity index (χ2n) is 13.6. The zero-order valence-corrected chi connectivity index (χ0v) is 25.8. The van der Waals surface area contributed by atoms with Crippen molar-refractivity contribution >= 4 is 11.7 Å². The Morgan fingerprint density at radius 1 is 1.16 bits per heavy atom. The van der Waals surface area contributed by atoms with Crippen LogP contribution in [0.25, 0.3) is 0 Å². The Morgan fingerprint density at radius 3 is 2.53 bits per heavy atom. The maximum atomic E-state index is 14.2. The smallest absolute Gasteiger partial charge is 0.282 e. The topological polar surface area (TPSA) is 107 Å². The van der Waals surface area contributed by atoms with Gasteiger partial charge in [0, 0.05) is 43.2 Å². The molecule has 3 saturated heterocycles. The third-order valence-corrected chi connectivity index (χ3v) is 10.4. The van der Waals surface area contributed by atoms with Crippen molar-refractivity contribution in [3.05, 3.63) is 35.9 Å². The molecule has 1 unspecified atom stereocenters. The number of hydrogen-bond acceptors (Lipinski definition) is 9. The maximum absolute atomic E-state index is 14.2. The van der Waals surface area contributed by atoms with E-state index in [0.29, 0.717) is 12.4 Å². The lowest BCUT2D eigenvalue weighted by molar-refractivity contribution is 0.0556. The lowest BCUT2D eigenvalue weighted by Crippen LogP contribution is -2.61. The number of carbonyl (C=O) groups is 1. The van der Waals surface area contributed by atoms with Crippen LogP contribution in [0, 0.1) is 17.2 Å². The molecule has 1 atom stereocenters. The molecule has 6 rings (SSSR count). The van der Waals surface area contributed by atoms with Gasteiger partial charge in [0.2, 0.25) is 0 Å². The molecule has 1 saturated carbocycles. The first-order valence-electron chi connectivity index (χ1n) is 16.1. The molecule has 10 nitrogen and oxygen atoms in total. The molecule has 11 heteroatoms. The SMILES string of the molecule is CCN(C(=O)c1cc(F)ccc1Oc1nncnc1N1CC2(CCN(C[C@H]3CC[C@@]4(CCC(O)N4)CC3)CC2)C1)C(C)C. The Morgan fingerprint density at radius 2 is 1.88 bits per heavy atom. The number of ether oxygens (including phenoxy) is 1. The van der Waals surface area contributed by atoms with Crippen molar-refractivity contribution in [2.24, 2.45) is 11.3 Å². The molecular weight excluding hydrogens is 549 g/mol. The van der Waals surface area contributed by atoms with Crippen LogP contribution in [-0.4, -0.2) is 93.1 Å². The number of carbonyl (C=O) groups excluding carboxylic acids is 1. The summed E-state index contributed by atoms with van der Waals surface area (Å²) in [6.07, 6.45) is 10.3. The summed E-state index contributed by atoms with van der Waals surface area (Å²) in [5.41, 5.74) is 0.604. The van der Waals surface area contributed by atoms with Crippen molar-refractivity contribution in [2.75, 3.05) is 44.2 Å². The summed E-state index contributed by atoms with van der Waals surface area (Å²) in [6.45, 7) is 11.4. The van der Waals surface area contributed by atoms with Gasteiger partial charge in [0.25, 0.3) is 11.8 Å². The predicted octanol–water partition coefficient (Wildman–Crippen LogP) is 4.21. The largest absolute Gasteiger partial charge is 0.434 e. The molecule has 2 spiro atoms. The van der Waals surface area contributed by atoms with E-state index in [9.17, 15) is 14.3 Å². The summed E-state index contributed by atoms with van der Waals surface area (Å²) in [6, 6.07) is 3.95. The van der Waals surface area contributed by atoms with E-state index in [-0.39, 0.29) is 46.3 Å². The molecule has 4 fully saturated rings. The third-order valence-electron chi connectivity index (χ3n) is 10.4. The van der Waals surface area contributed by atoms with Crippen LogP contribution in [0.1, 0.15) is 82.5 Å². The molecule has 0 radical (unpaired) electrons. The summed E-state index contributed by atoms with van der Waals surface area (Å²) in [5, 5.41) is 21.6. The van der Waals surface area contributed by atoms with Gasteiger partial charge in [0.1, 0.15) is 24.1 Å². The van der Waals surface area contributed by atoms with Gasteiger partial charge in [-0.05, 0) is 109 Å². The van der Waals surface area contributed by atoms with Gasteiger partial charge < -0.3 is 24.5 Å². The van der Waals surface area contributed by atoms with Gasteiger partial charge in [-0.3, -0.25) is 10.1 Å². The number of aliphatic hydroxyl groups is 1. The predicted molar refractivity (Wildman–Crippen MR) is 162 cm³/mol. The highest BCUT2D eigenvalue weighted by atomic mass is 19.1. The van der Waals surface area contributed by atoms with E-state index in [2.05, 4.69) is 30.3 Å². The van der Waals surface area contributed by atoms with Crippen molar-refractivity contribution in [1.82, 2.24) is 30.3 Å². The van der Waals surface area contributed by atoms with Crippen LogP contribution < -0.4 is 15.0 Å². The van der Waals surface area contributed by atoms with Gasteiger partial charge in [-0.2, -0.15) is 0 Å². The van der Waals surface area contributed by atoms with E-state index >= 15 is 0 Å². The molecule has 1 aromatic heterocycles. The highest BCUT2D eigenvalue weighted by molar-refractivity contribution is 5.97. The number of hydrogen-bond donors (Lipinski definition) is 2. The van der Waals surface area contributed by atoms with E-state index in [4.69, 9.17) is 4.74 Å². The molecular formula is C32H46FN7O3. The zero-order valence-electron chi connectivity index (χ0n) is 25.8. The number of nitrogens with zero attached hydrogens (tertiary/aromatic N) is 6. The highest BCUT2D eigenvalue weighted by Gasteiger charge is 2.47. The van der Waals surface area contributed by atoms with Crippen molar-refractivity contribution in [3.63, 3.8) is 0 Å². The number of anilines is 1. The fourth-order valence-corrected chi connectivity index (χ4v) is 7.82. The van der Waals surface area contributed by atoms with Crippen LogP contribution in [0.4, 0.5) is 10.2 Å². The van der Waals surface area contributed by atoms with E-state index in [1.165, 1.54) is 56.8 Å². The number of nitrogens with one attached hydrogen (secondary N) is 1. The van der Waals surface area contributed by atoms with Gasteiger partial charge in [0.15, 0.2) is 5.82 Å². The molecule has 4 heterocycles. The first-order valence-corrected chi connectivity index (χ1v) is 16.1. The van der Waals surface area contributed by atoms with Gasteiger partial charge in [-0.15, -0.1) is 10.2 Å². The second kappa shape index (κ2) is 12.2. The molecule has 0 bridgehead atoms. The number of halogens is 1. The molecule has 1 aliphatic carbocycles. The summed E-state index contributed by atoms with van der Waals surface area (Å²) >= 11 is 0. The maximum Gasteiger partial charge on any atom is 0.282 e. The third kappa shape index (κ3) is 6.35. The molecule has 4 aliphatic rings. The fourth-order valence-electron chi connectivity index (χ4n) is 7.82. The van der Waals surface area contributed by atoms with E-state index in [1.807, 2.05) is 20.8 Å². The summed E-state index contributed by atoms with van der Waals surface area (Å²) in [4.78, 5) is 24.3. The van der Waals surface area contributed by atoms with Crippen molar-refractivity contribution in [3.8, 4) is 11.6 Å². The minimum absolute atomic E-state index is 0.0370. The number of amides is 1. The summed E-state index contributed by atoms with van der Waals surface area (Å²) in [5.74, 6) is 1.03. The molecule has 43 heavy (non-hydrogen) atoms. The fraction of sp³-hybridized carbons (Fsp3) is 0.688. The van der Waals surface area contributed by atoms with Crippen LogP contribution in [0.5, 0.6) is 11.6 Å². The number of benzene rings is 1. The van der Waals surface area contributed by atoms with Gasteiger partial charge in [0.05, 0.1) is 5.56 Å². The molecule has 1 aromatic carbocycles. The van der Waals surface area contributed by atoms with E-state index < -0.39 is 5.82 Å². The molecule has 2 N–H and O–H groups in total. The highest BCUT2D eigenvalue weighted by Crippen LogP contribution is 2.45. The van der Waals surface area contributed by atoms with E-state index in [1.54, 1.807) is 4.90 Å². The monoisotopic (exact) mass is 595 g/mol. The second-order valence-corrected chi connectivity index (χ2v) is 13.6. The van der Waals surface area contributed by atoms with Gasteiger partial charge in [-0.25, -0.2) is 9.37 Å². The number of rotatable bonds is 8. The summed E-state index contributed by atoms with van der Waals surface area (Å²) < 4.78 is 20.4. The van der Waals surface area contributed by atoms with Gasteiger partial charge >= 0.3 is 0 Å². The Kier molecular flexibility index (Phi) is 8.59. The number of piperidine rings is 1. The first-order chi connectivity index (χ1) is 20.7. The summed E-state index contributed by atoms with van der Waals surface area (Å²) in [7, 11) is 0. The van der Waals surface area contributed by atoms with Gasteiger partial charge in [-0.1, -0.05) is 0 Å². The quantitative estimate of drug-likeness (QED) is 0.464. The first kappa shape index (κ1) is 30.1. The molecule has 1 amide bonds. The average molecular weight is 596 g/mol. The van der Waals surface area contributed by atoms with E-state index in [0.717, 1.165) is 57.8 Å². The lowest BCUT2D eigenvalue weighted by Gasteiger charge is -2.54. The normalized spacial score (nSPS) is 27.1. The standard InChI is InChI=1S/C32H46FN7O3/c1-4-40(22(2)3)30(42)25-17-24(33)5-6-26(25)43-29-28(34-21-35-37-29)39-19-31(20-39)13-15-38(16-14-31)18-23-7-10-32(11-8-23)12-9-27(41)36-32/h5-6,17,21-23,27,36,41H,4,7-16,18-20H2,1-3H3/t23-,27?,32-. The number of aliphatic hydroxyl groups excluding tert-OH is 1. The Hall–Kier alpha value is -2.89. The van der Waals surface area contributed by atoms with Crippen molar-refractivity contribution in [2.45, 2.75) is 89.9 Å². The average Bonchev–Trinajstić information content (AvgIpc) is 3.34. The molecule has 234 valence electrons. The van der Waals surface area contributed by atoms with Crippen LogP contribution in [-0.2, 0) is 0 Å². The van der Waals surface area contributed by atoms with Crippen LogP contribution in [0.15, 0.2) is 24.5 Å². The molecule has 3 aliphatic heterocycles. The lowest BCUT2D eigenvalue weighted by atomic mass is 9.71. The van der Waals surface area contributed by atoms with Crippen LogP contribution in [0.3, 0.4) is 0 Å². The number of likely N-dealkylation sites (tertiary alicyclic amines) is 1. The zero-order chi connectivity index (χ0) is 30.2. The Balaban J connectivity index is 1.05. The Bertz CT molecular complexity index is 1290. The molecule has 2 aromatic rings. The van der Waals surface area contributed by atoms with Crippen LogP contribution in [0.2, 0.25) is 0 Å².